The van der Waals surface area contributed by atoms with Gasteiger partial charge in [-0.3, -0.25) is 9.51 Å². The first kappa shape index (κ1) is 22.3. The number of hydrogen-bond donors (Lipinski definition) is 1. The molecule has 0 fully saturated rings. The van der Waals surface area contributed by atoms with Crippen LogP contribution in [0.4, 0.5) is 17.7 Å². The molecule has 0 radical (unpaired) electrons. The van der Waals surface area contributed by atoms with E-state index in [1.807, 2.05) is 0 Å². The van der Waals surface area contributed by atoms with Gasteiger partial charge in [-0.2, -0.15) is 13.2 Å². The summed E-state index contributed by atoms with van der Waals surface area (Å²) >= 11 is 0. The number of H-pyrrole nitrogens is 1. The minimum atomic E-state index is -4.54. The summed E-state index contributed by atoms with van der Waals surface area (Å²) in [6.45, 7) is 0.115. The van der Waals surface area contributed by atoms with Gasteiger partial charge in [-0.1, -0.05) is 24.3 Å². The summed E-state index contributed by atoms with van der Waals surface area (Å²) in [5.74, 6) is -0.0423. The molecule has 9 nitrogen and oxygen atoms in total. The molecule has 1 aromatic carbocycles. The maximum absolute atomic E-state index is 13.0. The molecule has 0 unspecified atom stereocenters. The van der Waals surface area contributed by atoms with E-state index in [9.17, 15) is 22.5 Å². The molecule has 178 valence electrons. The summed E-state index contributed by atoms with van der Waals surface area (Å²) in [6, 6.07) is 9.70. The van der Waals surface area contributed by atoms with Crippen LogP contribution in [0, 0.1) is 0 Å². The second kappa shape index (κ2) is 8.34. The number of fused-ring (bicyclic) bond motifs is 1. The van der Waals surface area contributed by atoms with Crippen LogP contribution >= 0.6 is 0 Å². The van der Waals surface area contributed by atoms with Crippen molar-refractivity contribution in [1.29, 1.82) is 0 Å². The fourth-order valence-electron chi connectivity index (χ4n) is 3.66. The average Bonchev–Trinajstić information content (AvgIpc) is 3.39. The molecule has 0 saturated carbocycles. The van der Waals surface area contributed by atoms with Gasteiger partial charge in [0.1, 0.15) is 11.3 Å². The van der Waals surface area contributed by atoms with Crippen molar-refractivity contribution in [3.05, 3.63) is 76.7 Å². The Morgan fingerprint density at radius 2 is 1.86 bits per heavy atom. The molecule has 1 N–H and O–H groups in total. The van der Waals surface area contributed by atoms with Crippen molar-refractivity contribution in [2.75, 3.05) is 0 Å². The van der Waals surface area contributed by atoms with Gasteiger partial charge < -0.3 is 9.55 Å². The van der Waals surface area contributed by atoms with Crippen molar-refractivity contribution in [1.82, 2.24) is 34.1 Å². The summed E-state index contributed by atoms with van der Waals surface area (Å²) < 4.78 is 54.4. The number of rotatable bonds is 5. The number of alkyl halides is 3. The Morgan fingerprint density at radius 3 is 2.54 bits per heavy atom. The van der Waals surface area contributed by atoms with Gasteiger partial charge in [-0.25, -0.2) is 24.7 Å². The topological polar surface area (TPSA) is 104 Å². The van der Waals surface area contributed by atoms with Crippen LogP contribution in [0.25, 0.3) is 33.9 Å². The molecule has 5 rings (SSSR count). The minimum absolute atomic E-state index is 0.108. The quantitative estimate of drug-likeness (QED) is 0.379. The van der Waals surface area contributed by atoms with Crippen molar-refractivity contribution in [2.45, 2.75) is 12.7 Å². The second-order valence-electron chi connectivity index (χ2n) is 7.64. The Hall–Kier alpha value is -4.55. The number of aryl methyl sites for hydroxylation is 1. The van der Waals surface area contributed by atoms with Crippen LogP contribution in [0.5, 0.6) is 5.88 Å². The zero-order valence-electron chi connectivity index (χ0n) is 17.9. The Bertz CT molecular complexity index is 1590. The van der Waals surface area contributed by atoms with Gasteiger partial charge in [-0.05, 0) is 17.7 Å². The van der Waals surface area contributed by atoms with Gasteiger partial charge in [-0.15, -0.1) is 0 Å². The number of imidazole rings is 2. The first-order chi connectivity index (χ1) is 16.7. The Labute approximate surface area is 193 Å². The lowest BCUT2D eigenvalue weighted by Crippen LogP contribution is -2.17. The van der Waals surface area contributed by atoms with Crippen LogP contribution in [-0.2, 0) is 19.8 Å². The smallest absolute Gasteiger partial charge is 0.333 e. The third-order valence-corrected chi connectivity index (χ3v) is 5.32. The number of aromatic amines is 1. The third-order valence-electron chi connectivity index (χ3n) is 5.32. The highest BCUT2D eigenvalue weighted by atomic mass is 19.4. The van der Waals surface area contributed by atoms with Crippen molar-refractivity contribution in [3.8, 4) is 28.7 Å². The van der Waals surface area contributed by atoms with E-state index in [4.69, 9.17) is 0 Å². The lowest BCUT2D eigenvalue weighted by Gasteiger charge is -2.07. The molecule has 4 heterocycles. The van der Waals surface area contributed by atoms with E-state index in [1.54, 1.807) is 30.3 Å². The van der Waals surface area contributed by atoms with Crippen LogP contribution in [0.15, 0.2) is 59.8 Å². The predicted molar refractivity (Wildman–Crippen MR) is 116 cm³/mol. The SMILES string of the molecule is Cn1cc(C(F)(F)F)nc1-c1ccc(Cn2c(=O)[nH]c3cnc(-c4cccnc4OF)nc32)cc1. The molecular weight excluding hydrogens is 470 g/mol. The molecular formula is C22H15F4N7O2. The van der Waals surface area contributed by atoms with Crippen molar-refractivity contribution >= 4 is 11.2 Å². The van der Waals surface area contributed by atoms with E-state index in [-0.39, 0.29) is 35.3 Å². The molecule has 13 heteroatoms. The molecule has 0 bridgehead atoms. The van der Waals surface area contributed by atoms with Gasteiger partial charge in [0.2, 0.25) is 0 Å². The Balaban J connectivity index is 1.47. The van der Waals surface area contributed by atoms with Crippen molar-refractivity contribution in [2.24, 2.45) is 7.05 Å². The lowest BCUT2D eigenvalue weighted by molar-refractivity contribution is -0.140. The maximum Gasteiger partial charge on any atom is 0.434 e. The standard InChI is InChI=1S/C22H15F4N7O2/c1-32-11-16(22(23,24)25)30-18(32)13-6-4-12(5-7-13)10-33-19-15(29-21(33)34)9-28-17(31-19)14-3-2-8-27-20(14)35-26/h2-9,11H,10H2,1H3,(H,29,34). The Morgan fingerprint density at radius 1 is 1.09 bits per heavy atom. The lowest BCUT2D eigenvalue weighted by atomic mass is 10.1. The molecule has 0 atom stereocenters. The number of hydrogen-bond acceptors (Lipinski definition) is 6. The molecule has 0 aliphatic heterocycles. The number of benzene rings is 1. The molecule has 4 aromatic heterocycles. The van der Waals surface area contributed by atoms with Gasteiger partial charge in [0.05, 0.1) is 18.3 Å². The van der Waals surface area contributed by atoms with Crippen LogP contribution in [-0.4, -0.2) is 34.1 Å². The third kappa shape index (κ3) is 4.11. The monoisotopic (exact) mass is 485 g/mol. The van der Waals surface area contributed by atoms with E-state index in [0.29, 0.717) is 16.6 Å². The zero-order valence-corrected chi connectivity index (χ0v) is 17.9. The molecule has 0 aliphatic carbocycles. The summed E-state index contributed by atoms with van der Waals surface area (Å²) in [6.07, 6.45) is -0.873. The molecule has 0 saturated heterocycles. The van der Waals surface area contributed by atoms with Crippen LogP contribution in [0.1, 0.15) is 11.3 Å². The fraction of sp³-hybridized carbons (Fsp3) is 0.136. The van der Waals surface area contributed by atoms with Gasteiger partial charge in [0.15, 0.2) is 17.2 Å². The van der Waals surface area contributed by atoms with E-state index in [1.165, 1.54) is 34.6 Å². The van der Waals surface area contributed by atoms with E-state index >= 15 is 0 Å². The van der Waals surface area contributed by atoms with E-state index < -0.39 is 17.6 Å². The molecule has 5 aromatic rings. The van der Waals surface area contributed by atoms with Crippen LogP contribution in [0.2, 0.25) is 0 Å². The first-order valence-electron chi connectivity index (χ1n) is 10.1. The number of nitrogens with one attached hydrogen (secondary N) is 1. The highest BCUT2D eigenvalue weighted by Gasteiger charge is 2.34. The molecule has 0 aliphatic rings. The number of nitrogens with zero attached hydrogens (tertiary/aromatic N) is 6. The normalized spacial score (nSPS) is 11.8. The number of halogens is 4. The van der Waals surface area contributed by atoms with Crippen LogP contribution in [0.3, 0.4) is 0 Å². The fourth-order valence-corrected chi connectivity index (χ4v) is 3.66. The summed E-state index contributed by atoms with van der Waals surface area (Å²) in [5.41, 5.74) is 0.604. The highest BCUT2D eigenvalue weighted by Crippen LogP contribution is 2.31. The summed E-state index contributed by atoms with van der Waals surface area (Å²) in [4.78, 5) is 35.0. The minimum Gasteiger partial charge on any atom is -0.333 e. The number of pyridine rings is 1. The summed E-state index contributed by atoms with van der Waals surface area (Å²) in [5, 5.41) is 0. The van der Waals surface area contributed by atoms with Gasteiger partial charge in [0.25, 0.3) is 5.88 Å². The molecule has 35 heavy (non-hydrogen) atoms. The number of aromatic nitrogens is 7. The first-order valence-corrected chi connectivity index (χ1v) is 10.1. The summed E-state index contributed by atoms with van der Waals surface area (Å²) in [7, 11) is 1.48. The second-order valence-corrected chi connectivity index (χ2v) is 7.64. The highest BCUT2D eigenvalue weighted by molar-refractivity contribution is 5.74. The largest absolute Gasteiger partial charge is 0.434 e. The Kier molecular flexibility index (Phi) is 5.30. The van der Waals surface area contributed by atoms with Crippen LogP contribution < -0.4 is 10.6 Å². The van der Waals surface area contributed by atoms with Crippen molar-refractivity contribution in [3.63, 3.8) is 0 Å². The van der Waals surface area contributed by atoms with Gasteiger partial charge in [0, 0.05) is 29.5 Å². The van der Waals surface area contributed by atoms with Crippen molar-refractivity contribution < 1.29 is 22.6 Å². The van der Waals surface area contributed by atoms with E-state index in [2.05, 4.69) is 29.9 Å². The average molecular weight is 485 g/mol. The van der Waals surface area contributed by atoms with Gasteiger partial charge >= 0.3 is 11.9 Å². The molecule has 0 amide bonds. The molecule has 0 spiro atoms. The zero-order chi connectivity index (χ0) is 24.7. The van der Waals surface area contributed by atoms with E-state index in [0.717, 1.165) is 6.20 Å². The predicted octanol–water partition coefficient (Wildman–Crippen LogP) is 3.91. The maximum atomic E-state index is 13.0.